The fourth-order valence-electron chi connectivity index (χ4n) is 4.64. The van der Waals surface area contributed by atoms with Gasteiger partial charge in [0.1, 0.15) is 11.1 Å². The molecule has 1 N–H and O–H groups in total. The standard InChI is InChI=1S/C24H31F2N3O3/c1-22(2,3)15-12-16(14-6-8-24(25,26)9-7-14)28-17-13-18(32-19(15)17)20(30)29-11-10-27-21(31)23(29,4)5/h12-14H,6-11H2,1-5H3,(H,27,31). The number of pyridine rings is 1. The molecular formula is C24H31F2N3O3. The number of alkyl halides is 2. The number of nitrogens with one attached hydrogen (secondary N) is 1. The highest BCUT2D eigenvalue weighted by Gasteiger charge is 2.42. The Bertz CT molecular complexity index is 1060. The Hall–Kier alpha value is -2.51. The van der Waals surface area contributed by atoms with Crippen LogP contribution in [0.25, 0.3) is 11.1 Å². The van der Waals surface area contributed by atoms with Crippen molar-refractivity contribution in [2.24, 2.45) is 0 Å². The van der Waals surface area contributed by atoms with Gasteiger partial charge in [0.05, 0.1) is 0 Å². The van der Waals surface area contributed by atoms with Crippen LogP contribution in [0.5, 0.6) is 0 Å². The number of fused-ring (bicyclic) bond motifs is 1. The molecule has 0 aromatic carbocycles. The van der Waals surface area contributed by atoms with E-state index in [2.05, 4.69) is 5.32 Å². The van der Waals surface area contributed by atoms with E-state index in [9.17, 15) is 18.4 Å². The van der Waals surface area contributed by atoms with Gasteiger partial charge in [-0.25, -0.2) is 13.8 Å². The van der Waals surface area contributed by atoms with Gasteiger partial charge in [0.15, 0.2) is 11.3 Å². The Labute approximate surface area is 186 Å². The lowest BCUT2D eigenvalue weighted by Gasteiger charge is -2.40. The maximum absolute atomic E-state index is 13.7. The van der Waals surface area contributed by atoms with E-state index in [1.54, 1.807) is 19.9 Å². The average Bonchev–Trinajstić information content (AvgIpc) is 3.12. The summed E-state index contributed by atoms with van der Waals surface area (Å²) in [4.78, 5) is 31.8. The van der Waals surface area contributed by atoms with E-state index in [0.717, 1.165) is 11.3 Å². The van der Waals surface area contributed by atoms with Gasteiger partial charge in [-0.05, 0) is 38.2 Å². The van der Waals surface area contributed by atoms with E-state index < -0.39 is 11.5 Å². The van der Waals surface area contributed by atoms with E-state index in [1.807, 2.05) is 26.8 Å². The predicted molar refractivity (Wildman–Crippen MR) is 117 cm³/mol. The lowest BCUT2D eigenvalue weighted by molar-refractivity contribution is -0.133. The van der Waals surface area contributed by atoms with Gasteiger partial charge >= 0.3 is 0 Å². The van der Waals surface area contributed by atoms with E-state index in [4.69, 9.17) is 9.40 Å². The van der Waals surface area contributed by atoms with Gasteiger partial charge in [-0.15, -0.1) is 0 Å². The molecule has 3 heterocycles. The van der Waals surface area contributed by atoms with Crippen LogP contribution in [-0.4, -0.2) is 46.2 Å². The number of nitrogens with zero attached hydrogens (tertiary/aromatic N) is 2. The van der Waals surface area contributed by atoms with Gasteiger partial charge in [0.2, 0.25) is 11.8 Å². The summed E-state index contributed by atoms with van der Waals surface area (Å²) in [6, 6.07) is 3.57. The Morgan fingerprint density at radius 1 is 1.22 bits per heavy atom. The van der Waals surface area contributed by atoms with Crippen molar-refractivity contribution in [2.45, 2.75) is 83.1 Å². The first-order valence-corrected chi connectivity index (χ1v) is 11.2. The molecule has 1 saturated heterocycles. The lowest BCUT2D eigenvalue weighted by atomic mass is 9.81. The number of aromatic nitrogens is 1. The largest absolute Gasteiger partial charge is 0.449 e. The molecule has 1 saturated carbocycles. The Morgan fingerprint density at radius 2 is 1.88 bits per heavy atom. The van der Waals surface area contributed by atoms with Gasteiger partial charge < -0.3 is 14.6 Å². The van der Waals surface area contributed by atoms with E-state index in [1.165, 1.54) is 4.90 Å². The molecule has 0 spiro atoms. The first kappa shape index (κ1) is 22.7. The van der Waals surface area contributed by atoms with Crippen LogP contribution in [-0.2, 0) is 10.2 Å². The minimum atomic E-state index is -2.60. The van der Waals surface area contributed by atoms with Gasteiger partial charge in [-0.1, -0.05) is 20.8 Å². The number of halogens is 2. The van der Waals surface area contributed by atoms with Crippen molar-refractivity contribution in [3.8, 4) is 0 Å². The van der Waals surface area contributed by atoms with Crippen LogP contribution < -0.4 is 5.32 Å². The molecule has 32 heavy (non-hydrogen) atoms. The summed E-state index contributed by atoms with van der Waals surface area (Å²) in [5, 5.41) is 2.78. The van der Waals surface area contributed by atoms with Crippen LogP contribution in [0.1, 0.15) is 88.0 Å². The summed E-state index contributed by atoms with van der Waals surface area (Å²) in [6.45, 7) is 10.3. The molecule has 4 rings (SSSR count). The fraction of sp³-hybridized carbons (Fsp3) is 0.625. The minimum Gasteiger partial charge on any atom is -0.449 e. The number of hydrogen-bond acceptors (Lipinski definition) is 4. The zero-order valence-electron chi connectivity index (χ0n) is 19.3. The monoisotopic (exact) mass is 447 g/mol. The zero-order valence-corrected chi connectivity index (χ0v) is 19.3. The smallest absolute Gasteiger partial charge is 0.290 e. The highest BCUT2D eigenvalue weighted by molar-refractivity contribution is 6.00. The fourth-order valence-corrected chi connectivity index (χ4v) is 4.64. The van der Waals surface area contributed by atoms with Crippen LogP contribution in [0.4, 0.5) is 8.78 Å². The molecule has 8 heteroatoms. The molecule has 1 aliphatic carbocycles. The summed E-state index contributed by atoms with van der Waals surface area (Å²) < 4.78 is 33.4. The molecule has 0 unspecified atom stereocenters. The first-order chi connectivity index (χ1) is 14.8. The number of furan rings is 1. The molecule has 0 radical (unpaired) electrons. The molecule has 6 nitrogen and oxygen atoms in total. The summed E-state index contributed by atoms with van der Waals surface area (Å²) in [7, 11) is 0. The number of piperazine rings is 1. The molecule has 0 bridgehead atoms. The van der Waals surface area contributed by atoms with E-state index in [-0.39, 0.29) is 41.7 Å². The second kappa shape index (κ2) is 7.52. The highest BCUT2D eigenvalue weighted by Crippen LogP contribution is 2.42. The number of hydrogen-bond donors (Lipinski definition) is 1. The molecule has 2 fully saturated rings. The second-order valence-electron chi connectivity index (χ2n) is 10.6. The number of rotatable bonds is 2. The molecule has 2 aromatic rings. The predicted octanol–water partition coefficient (Wildman–Crippen LogP) is 4.77. The van der Waals surface area contributed by atoms with Crippen molar-refractivity contribution in [2.75, 3.05) is 13.1 Å². The molecule has 2 aromatic heterocycles. The Balaban J connectivity index is 1.74. The molecular weight excluding hydrogens is 416 g/mol. The van der Waals surface area contributed by atoms with Crippen molar-refractivity contribution in [3.05, 3.63) is 29.2 Å². The number of amides is 2. The second-order valence-corrected chi connectivity index (χ2v) is 10.6. The zero-order chi connectivity index (χ0) is 23.5. The van der Waals surface area contributed by atoms with Crippen LogP contribution >= 0.6 is 0 Å². The normalized spacial score (nSPS) is 21.6. The summed E-state index contributed by atoms with van der Waals surface area (Å²) in [6.07, 6.45) is 0.499. The first-order valence-electron chi connectivity index (χ1n) is 11.2. The maximum Gasteiger partial charge on any atom is 0.290 e. The van der Waals surface area contributed by atoms with Crippen LogP contribution in [0.15, 0.2) is 16.5 Å². The van der Waals surface area contributed by atoms with Crippen LogP contribution in [0.2, 0.25) is 0 Å². The van der Waals surface area contributed by atoms with E-state index >= 15 is 0 Å². The maximum atomic E-state index is 13.7. The topological polar surface area (TPSA) is 75.4 Å². The average molecular weight is 448 g/mol. The molecule has 0 atom stereocenters. The van der Waals surface area contributed by atoms with Crippen LogP contribution in [0, 0.1) is 0 Å². The summed E-state index contributed by atoms with van der Waals surface area (Å²) >= 11 is 0. The minimum absolute atomic E-state index is 0.0427. The van der Waals surface area contributed by atoms with Crippen molar-refractivity contribution in [1.82, 2.24) is 15.2 Å². The number of carbonyl (C=O) groups excluding carboxylic acids is 2. The van der Waals surface area contributed by atoms with Crippen LogP contribution in [0.3, 0.4) is 0 Å². The Kier molecular flexibility index (Phi) is 5.33. The van der Waals surface area contributed by atoms with Crippen molar-refractivity contribution >= 4 is 22.9 Å². The Morgan fingerprint density at radius 3 is 2.50 bits per heavy atom. The third kappa shape index (κ3) is 3.99. The van der Waals surface area contributed by atoms with Gasteiger partial charge in [-0.3, -0.25) is 9.59 Å². The number of carbonyl (C=O) groups is 2. The third-order valence-electron chi connectivity index (χ3n) is 6.75. The highest BCUT2D eigenvalue weighted by atomic mass is 19.3. The van der Waals surface area contributed by atoms with Gasteiger partial charge in [-0.2, -0.15) is 0 Å². The van der Waals surface area contributed by atoms with E-state index in [0.29, 0.717) is 37.0 Å². The van der Waals surface area contributed by atoms with Crippen molar-refractivity contribution in [1.29, 1.82) is 0 Å². The third-order valence-corrected chi connectivity index (χ3v) is 6.75. The molecule has 2 aliphatic rings. The van der Waals surface area contributed by atoms with Crippen molar-refractivity contribution < 1.29 is 22.8 Å². The summed E-state index contributed by atoms with van der Waals surface area (Å²) in [5.74, 6) is -3.08. The molecule has 2 amide bonds. The quantitative estimate of drug-likeness (QED) is 0.720. The SMILES string of the molecule is CC(C)(C)c1cc(C2CCC(F)(F)CC2)nc2cc(C(=O)N3CCNC(=O)C3(C)C)oc12. The summed E-state index contributed by atoms with van der Waals surface area (Å²) in [5.41, 5.74) is 1.46. The van der Waals surface area contributed by atoms with Gasteiger partial charge in [0, 0.05) is 49.2 Å². The lowest BCUT2D eigenvalue weighted by Crippen LogP contribution is -2.63. The van der Waals surface area contributed by atoms with Crippen molar-refractivity contribution in [3.63, 3.8) is 0 Å². The molecule has 1 aliphatic heterocycles. The molecule has 174 valence electrons. The van der Waals surface area contributed by atoms with Gasteiger partial charge in [0.25, 0.3) is 5.91 Å².